The monoisotopic (exact) mass is 282 g/mol. The quantitative estimate of drug-likeness (QED) is 0.841. The van der Waals surface area contributed by atoms with Gasteiger partial charge in [-0.2, -0.15) is 0 Å². The van der Waals surface area contributed by atoms with E-state index in [4.69, 9.17) is 10.5 Å². The lowest BCUT2D eigenvalue weighted by molar-refractivity contribution is -0.133. The molecule has 1 amide bonds. The summed E-state index contributed by atoms with van der Waals surface area (Å²) in [6.07, 6.45) is 8.78. The minimum absolute atomic E-state index is 0.348. The second kappa shape index (κ2) is 7.99. The first-order valence-corrected chi connectivity index (χ1v) is 8.21. The highest BCUT2D eigenvalue weighted by Gasteiger charge is 2.25. The minimum atomic E-state index is 0.348. The summed E-state index contributed by atoms with van der Waals surface area (Å²) in [6, 6.07) is 0.402. The highest BCUT2D eigenvalue weighted by molar-refractivity contribution is 5.76. The van der Waals surface area contributed by atoms with Crippen molar-refractivity contribution in [2.75, 3.05) is 26.8 Å². The Kier molecular flexibility index (Phi) is 6.30. The van der Waals surface area contributed by atoms with Crippen molar-refractivity contribution in [3.05, 3.63) is 0 Å². The van der Waals surface area contributed by atoms with Crippen molar-refractivity contribution in [1.82, 2.24) is 4.90 Å². The van der Waals surface area contributed by atoms with Crippen molar-refractivity contribution in [3.63, 3.8) is 0 Å². The molecule has 0 aromatic heterocycles. The number of carbonyl (C=O) groups excluding carboxylic acids is 1. The molecule has 1 aliphatic carbocycles. The van der Waals surface area contributed by atoms with Crippen LogP contribution in [0.15, 0.2) is 0 Å². The molecule has 0 radical (unpaired) electrons. The fourth-order valence-electron chi connectivity index (χ4n) is 3.63. The Morgan fingerprint density at radius 2 is 1.95 bits per heavy atom. The average molecular weight is 282 g/mol. The van der Waals surface area contributed by atoms with Crippen LogP contribution in [0.4, 0.5) is 0 Å². The number of hydrogen-bond donors (Lipinski definition) is 1. The third kappa shape index (κ3) is 4.74. The number of piperidine rings is 1. The molecule has 116 valence electrons. The molecule has 2 rings (SSSR count). The number of likely N-dealkylation sites (tertiary alicyclic amines) is 1. The van der Waals surface area contributed by atoms with E-state index in [2.05, 4.69) is 4.90 Å². The lowest BCUT2D eigenvalue weighted by atomic mass is 9.83. The molecule has 20 heavy (non-hydrogen) atoms. The molecule has 4 heteroatoms. The number of nitrogens with two attached hydrogens (primary N) is 1. The highest BCUT2D eigenvalue weighted by Crippen LogP contribution is 2.27. The van der Waals surface area contributed by atoms with E-state index in [1.54, 1.807) is 7.11 Å². The number of hydrogen-bond acceptors (Lipinski definition) is 3. The highest BCUT2D eigenvalue weighted by atomic mass is 16.5. The fourth-order valence-corrected chi connectivity index (χ4v) is 3.63. The van der Waals surface area contributed by atoms with Crippen molar-refractivity contribution in [3.8, 4) is 0 Å². The Bertz CT molecular complexity index is 299. The van der Waals surface area contributed by atoms with Crippen LogP contribution in [0.1, 0.15) is 51.4 Å². The number of nitrogens with zero attached hydrogens (tertiary/aromatic N) is 1. The molecule has 1 saturated heterocycles. The van der Waals surface area contributed by atoms with E-state index >= 15 is 0 Å². The normalized spacial score (nSPS) is 31.3. The van der Waals surface area contributed by atoms with Gasteiger partial charge >= 0.3 is 0 Å². The fraction of sp³-hybridized carbons (Fsp3) is 0.938. The standard InChI is InChI=1S/C16H30N2O2/c1-20-12-14-3-2-10-18(11-14)16(19)9-6-13-4-7-15(17)8-5-13/h13-15H,2-12,17H2,1H3. The molecule has 0 spiro atoms. The molecule has 2 fully saturated rings. The lowest BCUT2D eigenvalue weighted by Crippen LogP contribution is -2.41. The van der Waals surface area contributed by atoms with E-state index < -0.39 is 0 Å². The van der Waals surface area contributed by atoms with Crippen LogP contribution < -0.4 is 5.73 Å². The van der Waals surface area contributed by atoms with Gasteiger partial charge in [-0.15, -0.1) is 0 Å². The van der Waals surface area contributed by atoms with Gasteiger partial charge in [-0.3, -0.25) is 4.79 Å². The molecular formula is C16H30N2O2. The summed E-state index contributed by atoms with van der Waals surface area (Å²) < 4.78 is 5.22. The van der Waals surface area contributed by atoms with E-state index in [0.717, 1.165) is 57.7 Å². The molecule has 4 nitrogen and oxygen atoms in total. The second-order valence-electron chi connectivity index (χ2n) is 6.62. The van der Waals surface area contributed by atoms with Gasteiger partial charge in [0.15, 0.2) is 0 Å². The SMILES string of the molecule is COCC1CCCN(C(=O)CCC2CCC(N)CC2)C1. The van der Waals surface area contributed by atoms with Gasteiger partial charge in [0.05, 0.1) is 6.61 Å². The summed E-state index contributed by atoms with van der Waals surface area (Å²) in [4.78, 5) is 14.4. The van der Waals surface area contributed by atoms with Gasteiger partial charge in [0.2, 0.25) is 5.91 Å². The Balaban J connectivity index is 1.68. The zero-order valence-electron chi connectivity index (χ0n) is 12.9. The Morgan fingerprint density at radius 1 is 1.20 bits per heavy atom. The van der Waals surface area contributed by atoms with Gasteiger partial charge in [-0.05, 0) is 56.8 Å². The van der Waals surface area contributed by atoms with Crippen molar-refractivity contribution >= 4 is 5.91 Å². The predicted octanol–water partition coefficient (Wildman–Crippen LogP) is 2.17. The molecule has 0 aromatic carbocycles. The van der Waals surface area contributed by atoms with Gasteiger partial charge in [-0.1, -0.05) is 0 Å². The largest absolute Gasteiger partial charge is 0.384 e. The third-order valence-corrected chi connectivity index (χ3v) is 4.93. The van der Waals surface area contributed by atoms with E-state index in [0.29, 0.717) is 17.9 Å². The summed E-state index contributed by atoms with van der Waals surface area (Å²) >= 11 is 0. The van der Waals surface area contributed by atoms with Gasteiger partial charge in [0, 0.05) is 32.7 Å². The molecule has 1 aliphatic heterocycles. The Morgan fingerprint density at radius 3 is 2.65 bits per heavy atom. The van der Waals surface area contributed by atoms with Crippen molar-refractivity contribution in [2.45, 2.75) is 57.4 Å². The van der Waals surface area contributed by atoms with Crippen LogP contribution in [0.2, 0.25) is 0 Å². The summed E-state index contributed by atoms with van der Waals surface area (Å²) in [5.74, 6) is 1.60. The number of rotatable bonds is 5. The Labute approximate surface area is 123 Å². The van der Waals surface area contributed by atoms with Crippen LogP contribution >= 0.6 is 0 Å². The molecule has 0 bridgehead atoms. The van der Waals surface area contributed by atoms with Crippen LogP contribution in [-0.2, 0) is 9.53 Å². The van der Waals surface area contributed by atoms with Crippen LogP contribution in [0.5, 0.6) is 0 Å². The third-order valence-electron chi connectivity index (χ3n) is 4.93. The van der Waals surface area contributed by atoms with Crippen molar-refractivity contribution < 1.29 is 9.53 Å². The molecule has 1 unspecified atom stereocenters. The van der Waals surface area contributed by atoms with Crippen LogP contribution in [0.25, 0.3) is 0 Å². The maximum Gasteiger partial charge on any atom is 0.222 e. The summed E-state index contributed by atoms with van der Waals surface area (Å²) in [6.45, 7) is 2.61. The Hall–Kier alpha value is -0.610. The summed E-state index contributed by atoms with van der Waals surface area (Å²) in [5, 5.41) is 0. The predicted molar refractivity (Wildman–Crippen MR) is 80.3 cm³/mol. The minimum Gasteiger partial charge on any atom is -0.384 e. The van der Waals surface area contributed by atoms with Gasteiger partial charge in [0.25, 0.3) is 0 Å². The first-order valence-electron chi connectivity index (χ1n) is 8.21. The maximum atomic E-state index is 12.3. The number of methoxy groups -OCH3 is 1. The van der Waals surface area contributed by atoms with Crippen LogP contribution in [0.3, 0.4) is 0 Å². The number of amides is 1. The van der Waals surface area contributed by atoms with E-state index in [1.165, 1.54) is 19.3 Å². The number of carbonyl (C=O) groups is 1. The molecule has 1 saturated carbocycles. The molecule has 2 aliphatic rings. The second-order valence-corrected chi connectivity index (χ2v) is 6.62. The van der Waals surface area contributed by atoms with Crippen molar-refractivity contribution in [2.24, 2.45) is 17.6 Å². The molecule has 0 aromatic rings. The van der Waals surface area contributed by atoms with Crippen LogP contribution in [0, 0.1) is 11.8 Å². The summed E-state index contributed by atoms with van der Waals surface area (Å²) in [7, 11) is 1.74. The molecule has 2 N–H and O–H groups in total. The van der Waals surface area contributed by atoms with Gasteiger partial charge < -0.3 is 15.4 Å². The molecule has 1 atom stereocenters. The lowest BCUT2D eigenvalue weighted by Gasteiger charge is -2.33. The average Bonchev–Trinajstić information content (AvgIpc) is 2.47. The van der Waals surface area contributed by atoms with E-state index in [9.17, 15) is 4.79 Å². The zero-order valence-corrected chi connectivity index (χ0v) is 12.9. The van der Waals surface area contributed by atoms with E-state index in [-0.39, 0.29) is 0 Å². The maximum absolute atomic E-state index is 12.3. The van der Waals surface area contributed by atoms with Crippen molar-refractivity contribution in [1.29, 1.82) is 0 Å². The van der Waals surface area contributed by atoms with Gasteiger partial charge in [-0.25, -0.2) is 0 Å². The number of ether oxygens (including phenoxy) is 1. The molecule has 1 heterocycles. The first kappa shape index (κ1) is 15.8. The van der Waals surface area contributed by atoms with E-state index in [1.807, 2.05) is 0 Å². The molecular weight excluding hydrogens is 252 g/mol. The van der Waals surface area contributed by atoms with Crippen LogP contribution in [-0.4, -0.2) is 43.7 Å². The van der Waals surface area contributed by atoms with Gasteiger partial charge in [0.1, 0.15) is 0 Å². The smallest absolute Gasteiger partial charge is 0.222 e. The summed E-state index contributed by atoms with van der Waals surface area (Å²) in [5.41, 5.74) is 5.93. The first-order chi connectivity index (χ1) is 9.69. The topological polar surface area (TPSA) is 55.6 Å². The zero-order chi connectivity index (χ0) is 14.4.